The van der Waals surface area contributed by atoms with E-state index in [0.29, 0.717) is 18.3 Å². The van der Waals surface area contributed by atoms with Crippen LogP contribution in [0, 0.1) is 17.8 Å². The van der Waals surface area contributed by atoms with E-state index < -0.39 is 6.04 Å². The van der Waals surface area contributed by atoms with Crippen molar-refractivity contribution in [3.8, 4) is 0 Å². The van der Waals surface area contributed by atoms with Crippen molar-refractivity contribution < 1.29 is 9.59 Å². The highest BCUT2D eigenvalue weighted by atomic mass is 16.2. The van der Waals surface area contributed by atoms with Crippen LogP contribution in [-0.2, 0) is 16.0 Å². The number of Topliss-reactive ketones (excluding diaryl/α,β-unsaturated/α-hetero) is 1. The van der Waals surface area contributed by atoms with E-state index in [0.717, 1.165) is 24.8 Å². The summed E-state index contributed by atoms with van der Waals surface area (Å²) in [6, 6.07) is 9.46. The maximum absolute atomic E-state index is 12.6. The van der Waals surface area contributed by atoms with E-state index >= 15 is 0 Å². The van der Waals surface area contributed by atoms with Crippen LogP contribution in [0.3, 0.4) is 0 Å². The normalized spacial score (nSPS) is 22.6. The second-order valence-electron chi connectivity index (χ2n) is 7.23. The molecule has 0 aliphatic heterocycles. The van der Waals surface area contributed by atoms with Gasteiger partial charge in [0, 0.05) is 5.92 Å². The smallest absolute Gasteiger partial charge is 0.223 e. The van der Waals surface area contributed by atoms with Crippen LogP contribution in [0.5, 0.6) is 0 Å². The Morgan fingerprint density at radius 2 is 1.87 bits per heavy atom. The maximum Gasteiger partial charge on any atom is 0.223 e. The van der Waals surface area contributed by atoms with Crippen LogP contribution >= 0.6 is 0 Å². The van der Waals surface area contributed by atoms with Crippen LogP contribution in [0.15, 0.2) is 30.3 Å². The fourth-order valence-electron chi connectivity index (χ4n) is 3.51. The molecule has 1 N–H and O–H groups in total. The molecule has 126 valence electrons. The fraction of sp³-hybridized carbons (Fsp3) is 0.600. The highest BCUT2D eigenvalue weighted by molar-refractivity contribution is 5.88. The van der Waals surface area contributed by atoms with E-state index in [9.17, 15) is 9.59 Å². The molecule has 1 aromatic carbocycles. The Morgan fingerprint density at radius 1 is 1.17 bits per heavy atom. The number of nitrogens with one attached hydrogen (secondary N) is 1. The second-order valence-corrected chi connectivity index (χ2v) is 7.23. The highest BCUT2D eigenvalue weighted by Crippen LogP contribution is 2.33. The van der Waals surface area contributed by atoms with Gasteiger partial charge >= 0.3 is 0 Å². The molecule has 0 heterocycles. The third kappa shape index (κ3) is 5.19. The van der Waals surface area contributed by atoms with E-state index in [4.69, 9.17) is 0 Å². The summed E-state index contributed by atoms with van der Waals surface area (Å²) in [5.74, 6) is 1.40. The molecule has 23 heavy (non-hydrogen) atoms. The molecule has 3 nitrogen and oxygen atoms in total. The second kappa shape index (κ2) is 8.28. The first kappa shape index (κ1) is 17.7. The fourth-order valence-corrected chi connectivity index (χ4v) is 3.51. The van der Waals surface area contributed by atoms with Gasteiger partial charge in [-0.15, -0.1) is 0 Å². The van der Waals surface area contributed by atoms with Crippen molar-refractivity contribution in [3.63, 3.8) is 0 Å². The van der Waals surface area contributed by atoms with Gasteiger partial charge in [0.15, 0.2) is 5.78 Å². The van der Waals surface area contributed by atoms with Gasteiger partial charge in [-0.1, -0.05) is 57.0 Å². The van der Waals surface area contributed by atoms with Gasteiger partial charge in [-0.05, 0) is 43.6 Å². The van der Waals surface area contributed by atoms with E-state index in [1.54, 1.807) is 6.92 Å². The molecule has 0 unspecified atom stereocenters. The third-order valence-corrected chi connectivity index (χ3v) is 5.12. The van der Waals surface area contributed by atoms with Crippen molar-refractivity contribution in [2.75, 3.05) is 0 Å². The van der Waals surface area contributed by atoms with Crippen LogP contribution in [0.25, 0.3) is 0 Å². The molecule has 1 fully saturated rings. The molecule has 1 aliphatic carbocycles. The van der Waals surface area contributed by atoms with E-state index in [1.807, 2.05) is 30.3 Å². The lowest BCUT2D eigenvalue weighted by Crippen LogP contribution is -2.45. The zero-order chi connectivity index (χ0) is 16.8. The van der Waals surface area contributed by atoms with Gasteiger partial charge in [0.25, 0.3) is 0 Å². The van der Waals surface area contributed by atoms with Crippen LogP contribution in [-0.4, -0.2) is 17.7 Å². The molecule has 3 heteroatoms. The predicted octanol–water partition coefficient (Wildman–Crippen LogP) is 3.77. The van der Waals surface area contributed by atoms with E-state index in [1.165, 1.54) is 6.42 Å². The zero-order valence-corrected chi connectivity index (χ0v) is 14.5. The van der Waals surface area contributed by atoms with Crippen LogP contribution < -0.4 is 5.32 Å². The number of amides is 1. The van der Waals surface area contributed by atoms with Gasteiger partial charge in [-0.2, -0.15) is 0 Å². The summed E-state index contributed by atoms with van der Waals surface area (Å²) >= 11 is 0. The Morgan fingerprint density at radius 3 is 2.48 bits per heavy atom. The number of carbonyl (C=O) groups excluding carboxylic acids is 2. The number of hydrogen-bond donors (Lipinski definition) is 1. The molecule has 0 bridgehead atoms. The van der Waals surface area contributed by atoms with Gasteiger partial charge in [0.2, 0.25) is 5.91 Å². The van der Waals surface area contributed by atoms with Gasteiger partial charge < -0.3 is 5.32 Å². The number of benzene rings is 1. The molecule has 1 aromatic rings. The average molecular weight is 315 g/mol. The Kier molecular flexibility index (Phi) is 6.37. The summed E-state index contributed by atoms with van der Waals surface area (Å²) < 4.78 is 0. The van der Waals surface area contributed by atoms with E-state index in [2.05, 4.69) is 19.2 Å². The summed E-state index contributed by atoms with van der Waals surface area (Å²) in [6.07, 6.45) is 4.82. The minimum atomic E-state index is -0.413. The van der Waals surface area contributed by atoms with Crippen molar-refractivity contribution in [1.82, 2.24) is 5.32 Å². The highest BCUT2D eigenvalue weighted by Gasteiger charge is 2.30. The molecule has 1 amide bonds. The predicted molar refractivity (Wildman–Crippen MR) is 93.0 cm³/mol. The lowest BCUT2D eigenvalue weighted by atomic mass is 9.76. The largest absolute Gasteiger partial charge is 0.346 e. The number of rotatable bonds is 6. The van der Waals surface area contributed by atoms with Crippen LogP contribution in [0.4, 0.5) is 0 Å². The summed E-state index contributed by atoms with van der Waals surface area (Å²) in [5, 5.41) is 3.01. The molecule has 0 aromatic heterocycles. The summed E-state index contributed by atoms with van der Waals surface area (Å²) in [5.41, 5.74) is 1.08. The minimum absolute atomic E-state index is 0.0263. The Hall–Kier alpha value is -1.64. The minimum Gasteiger partial charge on any atom is -0.346 e. The van der Waals surface area contributed by atoms with Gasteiger partial charge in [-0.25, -0.2) is 0 Å². The monoisotopic (exact) mass is 315 g/mol. The van der Waals surface area contributed by atoms with Crippen LogP contribution in [0.1, 0.15) is 52.0 Å². The molecule has 0 radical (unpaired) electrons. The maximum atomic E-state index is 12.6. The van der Waals surface area contributed by atoms with Gasteiger partial charge in [0.05, 0.1) is 6.04 Å². The molecule has 0 spiro atoms. The number of hydrogen-bond acceptors (Lipinski definition) is 2. The zero-order valence-electron chi connectivity index (χ0n) is 14.5. The third-order valence-electron chi connectivity index (χ3n) is 5.12. The van der Waals surface area contributed by atoms with Gasteiger partial charge in [-0.3, -0.25) is 9.59 Å². The topological polar surface area (TPSA) is 46.2 Å². The first-order valence-corrected chi connectivity index (χ1v) is 8.82. The lowest BCUT2D eigenvalue weighted by molar-refractivity contribution is -0.130. The first-order chi connectivity index (χ1) is 11.0. The first-order valence-electron chi connectivity index (χ1n) is 8.82. The van der Waals surface area contributed by atoms with Crippen molar-refractivity contribution in [3.05, 3.63) is 35.9 Å². The SMILES string of the molecule is CC(=O)[C@@H](Cc1ccccc1)NC(=O)[C@H]1CCC[C@H](C(C)C)C1. The molecular formula is C20H29NO2. The quantitative estimate of drug-likeness (QED) is 0.868. The Balaban J connectivity index is 1.96. The lowest BCUT2D eigenvalue weighted by Gasteiger charge is -2.31. The summed E-state index contributed by atoms with van der Waals surface area (Å²) in [6.45, 7) is 6.03. The molecular weight excluding hydrogens is 286 g/mol. The summed E-state index contributed by atoms with van der Waals surface area (Å²) in [7, 11) is 0. The van der Waals surface area contributed by atoms with Crippen molar-refractivity contribution in [1.29, 1.82) is 0 Å². The molecule has 1 aliphatic rings. The van der Waals surface area contributed by atoms with Gasteiger partial charge in [0.1, 0.15) is 0 Å². The molecule has 2 rings (SSSR count). The Bertz CT molecular complexity index is 524. The van der Waals surface area contributed by atoms with Crippen molar-refractivity contribution >= 4 is 11.7 Å². The number of ketones is 1. The summed E-state index contributed by atoms with van der Waals surface area (Å²) in [4.78, 5) is 24.5. The van der Waals surface area contributed by atoms with Crippen molar-refractivity contribution in [2.24, 2.45) is 17.8 Å². The molecule has 3 atom stereocenters. The van der Waals surface area contributed by atoms with Crippen molar-refractivity contribution in [2.45, 2.75) is 58.9 Å². The molecule has 1 saturated carbocycles. The Labute approximate surface area is 139 Å². The molecule has 0 saturated heterocycles. The standard InChI is InChI=1S/C20H29NO2/c1-14(2)17-10-7-11-18(13-17)20(23)21-19(15(3)22)12-16-8-5-4-6-9-16/h4-6,8-9,14,17-19H,7,10-13H2,1-3H3,(H,21,23)/t17-,18-,19+/m0/s1. The van der Waals surface area contributed by atoms with E-state index in [-0.39, 0.29) is 17.6 Å². The van der Waals surface area contributed by atoms with Crippen LogP contribution in [0.2, 0.25) is 0 Å². The number of carbonyl (C=O) groups is 2. The average Bonchev–Trinajstić information content (AvgIpc) is 2.55.